The number of hydrogen-bond acceptors (Lipinski definition) is 8. The molecular formula is C20H19FN4O5. The lowest BCUT2D eigenvalue weighted by molar-refractivity contribution is 0.0129. The van der Waals surface area contributed by atoms with Crippen molar-refractivity contribution in [2.24, 2.45) is 0 Å². The van der Waals surface area contributed by atoms with Gasteiger partial charge in [0.2, 0.25) is 11.8 Å². The fourth-order valence-corrected chi connectivity index (χ4v) is 2.39. The number of halogens is 1. The van der Waals surface area contributed by atoms with Gasteiger partial charge in [0, 0.05) is 5.69 Å². The van der Waals surface area contributed by atoms with Crippen molar-refractivity contribution < 1.29 is 28.2 Å². The van der Waals surface area contributed by atoms with Gasteiger partial charge in [-0.3, -0.25) is 0 Å². The molecule has 0 saturated heterocycles. The number of carbonyl (C=O) groups is 2. The zero-order chi connectivity index (χ0) is 21.3. The van der Waals surface area contributed by atoms with Gasteiger partial charge in [0.05, 0.1) is 19.3 Å². The Labute approximate surface area is 171 Å². The summed E-state index contributed by atoms with van der Waals surface area (Å²) in [6, 6.07) is 14.1. The molecule has 0 radical (unpaired) electrons. The predicted molar refractivity (Wildman–Crippen MR) is 104 cm³/mol. The molecule has 0 aliphatic heterocycles. The van der Waals surface area contributed by atoms with Crippen LogP contribution in [-0.4, -0.2) is 47.0 Å². The molecule has 0 fully saturated rings. The van der Waals surface area contributed by atoms with Gasteiger partial charge in [-0.25, -0.2) is 18.7 Å². The van der Waals surface area contributed by atoms with Gasteiger partial charge < -0.3 is 19.5 Å². The minimum absolute atomic E-state index is 0.0245. The van der Waals surface area contributed by atoms with Crippen LogP contribution < -0.4 is 5.32 Å². The maximum Gasteiger partial charge on any atom is 0.375 e. The first-order chi connectivity index (χ1) is 14.6. The van der Waals surface area contributed by atoms with Gasteiger partial charge in [-0.1, -0.05) is 18.2 Å². The molecule has 30 heavy (non-hydrogen) atoms. The van der Waals surface area contributed by atoms with Gasteiger partial charge in [-0.05, 0) is 36.4 Å². The molecular weight excluding hydrogens is 395 g/mol. The highest BCUT2D eigenvalue weighted by molar-refractivity contribution is 5.89. The highest BCUT2D eigenvalue weighted by atomic mass is 19.1. The van der Waals surface area contributed by atoms with E-state index in [2.05, 4.69) is 15.4 Å². The van der Waals surface area contributed by atoms with E-state index in [4.69, 9.17) is 14.2 Å². The van der Waals surface area contributed by atoms with Crippen LogP contribution in [0.1, 0.15) is 21.0 Å². The summed E-state index contributed by atoms with van der Waals surface area (Å²) in [5.74, 6) is -1.50. The molecule has 1 aromatic heterocycles. The zero-order valence-corrected chi connectivity index (χ0v) is 16.1. The van der Waals surface area contributed by atoms with Crippen LogP contribution in [-0.2, 0) is 20.9 Å². The third kappa shape index (κ3) is 5.61. The second-order valence-electron chi connectivity index (χ2n) is 5.92. The van der Waals surface area contributed by atoms with Gasteiger partial charge in [-0.15, -0.1) is 5.10 Å². The number of anilines is 2. The molecule has 0 amide bonds. The molecule has 0 aliphatic carbocycles. The summed E-state index contributed by atoms with van der Waals surface area (Å²) in [6.45, 7) is -0.0120. The largest absolute Gasteiger partial charge is 0.463 e. The fraction of sp³-hybridized carbons (Fsp3) is 0.200. The van der Waals surface area contributed by atoms with Crippen molar-refractivity contribution in [2.75, 3.05) is 25.6 Å². The smallest absolute Gasteiger partial charge is 0.375 e. The Balaban J connectivity index is 1.55. The molecule has 3 rings (SSSR count). The highest BCUT2D eigenvalue weighted by Gasteiger charge is 2.18. The number of hydrogen-bond donors (Lipinski definition) is 1. The average Bonchev–Trinajstić information content (AvgIpc) is 3.17. The van der Waals surface area contributed by atoms with Gasteiger partial charge in [-0.2, -0.15) is 4.98 Å². The molecule has 3 aromatic rings. The molecule has 10 heteroatoms. The molecule has 1 N–H and O–H groups in total. The van der Waals surface area contributed by atoms with Crippen molar-refractivity contribution >= 4 is 23.6 Å². The van der Waals surface area contributed by atoms with Crippen LogP contribution in [0.4, 0.5) is 16.0 Å². The van der Waals surface area contributed by atoms with E-state index in [1.54, 1.807) is 30.3 Å². The molecule has 0 unspecified atom stereocenters. The van der Waals surface area contributed by atoms with Crippen LogP contribution in [0.3, 0.4) is 0 Å². The van der Waals surface area contributed by atoms with Crippen LogP contribution in [0.25, 0.3) is 0 Å². The Morgan fingerprint density at radius 1 is 1.03 bits per heavy atom. The fourth-order valence-electron chi connectivity index (χ4n) is 2.39. The number of aromatic nitrogens is 3. The number of rotatable bonds is 9. The maximum atomic E-state index is 13.0. The molecule has 1 heterocycles. The van der Waals surface area contributed by atoms with Crippen LogP contribution in [0.5, 0.6) is 0 Å². The molecule has 0 bridgehead atoms. The van der Waals surface area contributed by atoms with Crippen LogP contribution in [0.15, 0.2) is 54.6 Å². The molecule has 0 aliphatic rings. The molecule has 0 spiro atoms. The van der Waals surface area contributed by atoms with Gasteiger partial charge in [0.1, 0.15) is 19.2 Å². The van der Waals surface area contributed by atoms with E-state index in [-0.39, 0.29) is 37.5 Å². The Morgan fingerprint density at radius 3 is 2.47 bits per heavy atom. The van der Waals surface area contributed by atoms with E-state index in [0.717, 1.165) is 0 Å². The minimum Gasteiger partial charge on any atom is -0.463 e. The number of carbonyl (C=O) groups excluding carboxylic acids is 2. The standard InChI is InChI=1S/C20H19FN4O5/c1-28-19(27)17-23-20(22-16-9-7-15(21)8-10-16)24-25(17)13-29-11-12-30-18(26)14-5-3-2-4-6-14/h2-10H,11-13H2,1H3,(H,22,24). The van der Waals surface area contributed by atoms with E-state index in [1.807, 2.05) is 0 Å². The first kappa shape index (κ1) is 20.9. The Morgan fingerprint density at radius 2 is 1.77 bits per heavy atom. The lowest BCUT2D eigenvalue weighted by atomic mass is 10.2. The predicted octanol–water partition coefficient (Wildman–Crippen LogP) is 2.78. The topological polar surface area (TPSA) is 105 Å². The lowest BCUT2D eigenvalue weighted by Gasteiger charge is -2.07. The number of esters is 2. The summed E-state index contributed by atoms with van der Waals surface area (Å²) < 4.78 is 29.5. The second-order valence-corrected chi connectivity index (χ2v) is 5.92. The average molecular weight is 414 g/mol. The second kappa shape index (κ2) is 10.1. The molecule has 2 aromatic carbocycles. The summed E-state index contributed by atoms with van der Waals surface area (Å²) >= 11 is 0. The SMILES string of the molecule is COC(=O)c1nc(Nc2ccc(F)cc2)nn1COCCOC(=O)c1ccccc1. The highest BCUT2D eigenvalue weighted by Crippen LogP contribution is 2.15. The van der Waals surface area contributed by atoms with Crippen molar-refractivity contribution in [3.63, 3.8) is 0 Å². The molecule has 156 valence electrons. The van der Waals surface area contributed by atoms with Crippen LogP contribution >= 0.6 is 0 Å². The van der Waals surface area contributed by atoms with Crippen molar-refractivity contribution in [3.8, 4) is 0 Å². The number of nitrogens with one attached hydrogen (secondary N) is 1. The molecule has 9 nitrogen and oxygen atoms in total. The Bertz CT molecular complexity index is 992. The van der Waals surface area contributed by atoms with Gasteiger partial charge in [0.25, 0.3) is 0 Å². The monoisotopic (exact) mass is 414 g/mol. The van der Waals surface area contributed by atoms with Crippen molar-refractivity contribution in [1.29, 1.82) is 0 Å². The van der Waals surface area contributed by atoms with E-state index in [1.165, 1.54) is 36.1 Å². The minimum atomic E-state index is -0.700. The zero-order valence-electron chi connectivity index (χ0n) is 16.1. The normalized spacial score (nSPS) is 10.5. The number of ether oxygens (including phenoxy) is 3. The molecule has 0 atom stereocenters. The number of benzene rings is 2. The van der Waals surface area contributed by atoms with Crippen molar-refractivity contribution in [2.45, 2.75) is 6.73 Å². The van der Waals surface area contributed by atoms with Crippen molar-refractivity contribution in [3.05, 3.63) is 71.8 Å². The summed E-state index contributed by atoms with van der Waals surface area (Å²) in [5, 5.41) is 7.01. The third-order valence-corrected chi connectivity index (χ3v) is 3.82. The van der Waals surface area contributed by atoms with Crippen LogP contribution in [0.2, 0.25) is 0 Å². The van der Waals surface area contributed by atoms with E-state index in [9.17, 15) is 14.0 Å². The first-order valence-corrected chi connectivity index (χ1v) is 8.92. The summed E-state index contributed by atoms with van der Waals surface area (Å²) in [5.41, 5.74) is 0.983. The number of methoxy groups -OCH3 is 1. The number of nitrogens with zero attached hydrogens (tertiary/aromatic N) is 3. The van der Waals surface area contributed by atoms with Gasteiger partial charge in [0.15, 0.2) is 0 Å². The lowest BCUT2D eigenvalue weighted by Crippen LogP contribution is -2.17. The van der Waals surface area contributed by atoms with Gasteiger partial charge >= 0.3 is 11.9 Å². The quantitative estimate of drug-likeness (QED) is 0.421. The maximum absolute atomic E-state index is 13.0. The molecule has 0 saturated carbocycles. The summed E-state index contributed by atoms with van der Waals surface area (Å²) in [6.07, 6.45) is 0. The summed E-state index contributed by atoms with van der Waals surface area (Å²) in [7, 11) is 1.22. The van der Waals surface area contributed by atoms with Crippen molar-refractivity contribution in [1.82, 2.24) is 14.8 Å². The van der Waals surface area contributed by atoms with E-state index < -0.39 is 11.9 Å². The first-order valence-electron chi connectivity index (χ1n) is 8.92. The summed E-state index contributed by atoms with van der Waals surface area (Å²) in [4.78, 5) is 27.9. The third-order valence-electron chi connectivity index (χ3n) is 3.82. The van der Waals surface area contributed by atoms with E-state index in [0.29, 0.717) is 11.3 Å². The Kier molecular flexibility index (Phi) is 7.06. The van der Waals surface area contributed by atoms with E-state index >= 15 is 0 Å². The Hall–Kier alpha value is -3.79. The van der Waals surface area contributed by atoms with Crippen LogP contribution in [0, 0.1) is 5.82 Å².